The molecule has 0 aromatic carbocycles. The fourth-order valence-corrected chi connectivity index (χ4v) is 1.30. The maximum atomic E-state index is 5.27. The number of aromatic nitrogens is 1. The van der Waals surface area contributed by atoms with E-state index in [0.717, 1.165) is 18.1 Å². The van der Waals surface area contributed by atoms with Gasteiger partial charge in [-0.25, -0.2) is 0 Å². The van der Waals surface area contributed by atoms with E-state index in [1.54, 1.807) is 12.5 Å². The lowest BCUT2D eigenvalue weighted by atomic mass is 10.3. The van der Waals surface area contributed by atoms with Gasteiger partial charge in [0.05, 0.1) is 18.5 Å². The zero-order chi connectivity index (χ0) is 9.80. The van der Waals surface area contributed by atoms with E-state index in [2.05, 4.69) is 4.98 Å². The van der Waals surface area contributed by atoms with Crippen LogP contribution in [0.5, 0.6) is 0 Å². The lowest BCUT2D eigenvalue weighted by Crippen LogP contribution is -2.16. The number of nitrogens with zero attached hydrogens (tertiary/aromatic N) is 2. The van der Waals surface area contributed by atoms with Crippen LogP contribution in [0.1, 0.15) is 5.69 Å². The molecule has 2 rings (SSSR count). The van der Waals surface area contributed by atoms with Gasteiger partial charge in [0.15, 0.2) is 5.88 Å². The van der Waals surface area contributed by atoms with Crippen LogP contribution in [0.4, 0.5) is 5.88 Å². The Morgan fingerprint density at radius 3 is 2.86 bits per heavy atom. The average Bonchev–Trinajstić information content (AvgIpc) is 2.72. The minimum Gasteiger partial charge on any atom is -0.449 e. The highest BCUT2D eigenvalue weighted by Gasteiger charge is 2.03. The Morgan fingerprint density at radius 1 is 1.29 bits per heavy atom. The molecule has 0 amide bonds. The molecule has 0 aliphatic rings. The Labute approximate surface area is 83.0 Å². The van der Waals surface area contributed by atoms with Crippen LogP contribution in [0.15, 0.2) is 47.2 Å². The molecule has 0 aliphatic carbocycles. The fraction of sp³-hybridized carbons (Fsp3) is 0.182. The van der Waals surface area contributed by atoms with Gasteiger partial charge in [-0.1, -0.05) is 6.07 Å². The van der Waals surface area contributed by atoms with Gasteiger partial charge in [0, 0.05) is 19.3 Å². The Balaban J connectivity index is 2.06. The molecule has 3 nitrogen and oxygen atoms in total. The third-order valence-corrected chi connectivity index (χ3v) is 2.01. The topological polar surface area (TPSA) is 29.3 Å². The molecule has 72 valence electrons. The van der Waals surface area contributed by atoms with Crippen molar-refractivity contribution >= 4 is 5.88 Å². The highest BCUT2D eigenvalue weighted by molar-refractivity contribution is 5.33. The Kier molecular flexibility index (Phi) is 2.49. The van der Waals surface area contributed by atoms with E-state index in [4.69, 9.17) is 4.42 Å². The summed E-state index contributed by atoms with van der Waals surface area (Å²) in [7, 11) is 1.98. The number of furan rings is 1. The smallest absolute Gasteiger partial charge is 0.195 e. The lowest BCUT2D eigenvalue weighted by molar-refractivity contribution is 0.553. The van der Waals surface area contributed by atoms with Crippen molar-refractivity contribution in [3.63, 3.8) is 0 Å². The SMILES string of the molecule is CN(Cc1ccccn1)c1ccco1. The fourth-order valence-electron chi connectivity index (χ4n) is 1.30. The second-order valence-corrected chi connectivity index (χ2v) is 3.13. The highest BCUT2D eigenvalue weighted by atomic mass is 16.3. The van der Waals surface area contributed by atoms with E-state index in [0.29, 0.717) is 0 Å². The molecular formula is C11H12N2O. The van der Waals surface area contributed by atoms with Gasteiger partial charge in [0.2, 0.25) is 0 Å². The van der Waals surface area contributed by atoms with Crippen LogP contribution in [0.2, 0.25) is 0 Å². The molecule has 3 heteroatoms. The first-order valence-corrected chi connectivity index (χ1v) is 4.51. The van der Waals surface area contributed by atoms with E-state index < -0.39 is 0 Å². The van der Waals surface area contributed by atoms with E-state index in [-0.39, 0.29) is 0 Å². The van der Waals surface area contributed by atoms with Crippen LogP contribution < -0.4 is 4.90 Å². The lowest BCUT2D eigenvalue weighted by Gasteiger charge is -2.14. The summed E-state index contributed by atoms with van der Waals surface area (Å²) in [6, 6.07) is 9.71. The van der Waals surface area contributed by atoms with Crippen LogP contribution in [0.3, 0.4) is 0 Å². The van der Waals surface area contributed by atoms with Crippen molar-refractivity contribution in [1.82, 2.24) is 4.98 Å². The molecule has 0 bridgehead atoms. The predicted octanol–water partition coefficient (Wildman–Crippen LogP) is 2.31. The van der Waals surface area contributed by atoms with Gasteiger partial charge in [0.25, 0.3) is 0 Å². The number of rotatable bonds is 3. The van der Waals surface area contributed by atoms with Crippen LogP contribution in [0.25, 0.3) is 0 Å². The predicted molar refractivity (Wildman–Crippen MR) is 55.1 cm³/mol. The van der Waals surface area contributed by atoms with Crippen molar-refractivity contribution in [3.8, 4) is 0 Å². The Bertz CT molecular complexity index is 369. The van der Waals surface area contributed by atoms with Crippen molar-refractivity contribution in [2.75, 3.05) is 11.9 Å². The zero-order valence-electron chi connectivity index (χ0n) is 8.05. The van der Waals surface area contributed by atoms with Gasteiger partial charge in [-0.15, -0.1) is 0 Å². The standard InChI is InChI=1S/C11H12N2O/c1-13(11-6-4-8-14-11)9-10-5-2-3-7-12-10/h2-8H,9H2,1H3. The molecule has 0 spiro atoms. The van der Waals surface area contributed by atoms with Crippen molar-refractivity contribution < 1.29 is 4.42 Å². The summed E-state index contributed by atoms with van der Waals surface area (Å²) in [6.45, 7) is 0.758. The van der Waals surface area contributed by atoms with Gasteiger partial charge < -0.3 is 9.32 Å². The Hall–Kier alpha value is -1.77. The quantitative estimate of drug-likeness (QED) is 0.740. The second kappa shape index (κ2) is 3.96. The molecule has 0 atom stereocenters. The molecule has 0 saturated heterocycles. The number of hydrogen-bond donors (Lipinski definition) is 0. The molecule has 14 heavy (non-hydrogen) atoms. The van der Waals surface area contributed by atoms with Crippen molar-refractivity contribution in [1.29, 1.82) is 0 Å². The number of pyridine rings is 1. The van der Waals surface area contributed by atoms with Crippen LogP contribution in [-0.4, -0.2) is 12.0 Å². The first-order chi connectivity index (χ1) is 6.86. The molecule has 0 aliphatic heterocycles. The third kappa shape index (κ3) is 1.93. The first-order valence-electron chi connectivity index (χ1n) is 4.51. The number of anilines is 1. The average molecular weight is 188 g/mol. The summed E-state index contributed by atoms with van der Waals surface area (Å²) < 4.78 is 5.27. The summed E-state index contributed by atoms with van der Waals surface area (Å²) in [5.74, 6) is 0.857. The third-order valence-electron chi connectivity index (χ3n) is 2.01. The normalized spacial score (nSPS) is 10.1. The van der Waals surface area contributed by atoms with Gasteiger partial charge >= 0.3 is 0 Å². The summed E-state index contributed by atoms with van der Waals surface area (Å²) in [6.07, 6.45) is 3.47. The van der Waals surface area contributed by atoms with Crippen LogP contribution in [-0.2, 0) is 6.54 Å². The minimum atomic E-state index is 0.758. The van der Waals surface area contributed by atoms with E-state index in [9.17, 15) is 0 Å². The molecule has 0 unspecified atom stereocenters. The number of hydrogen-bond acceptors (Lipinski definition) is 3. The molecule has 0 N–H and O–H groups in total. The Morgan fingerprint density at radius 2 is 2.21 bits per heavy atom. The summed E-state index contributed by atoms with van der Waals surface area (Å²) in [5.41, 5.74) is 1.03. The van der Waals surface area contributed by atoms with Gasteiger partial charge in [0.1, 0.15) is 0 Å². The van der Waals surface area contributed by atoms with E-state index >= 15 is 0 Å². The molecular weight excluding hydrogens is 176 g/mol. The van der Waals surface area contributed by atoms with E-state index in [1.807, 2.05) is 42.3 Å². The highest BCUT2D eigenvalue weighted by Crippen LogP contribution is 2.14. The zero-order valence-corrected chi connectivity index (χ0v) is 8.05. The molecule has 0 fully saturated rings. The maximum Gasteiger partial charge on any atom is 0.195 e. The largest absolute Gasteiger partial charge is 0.449 e. The molecule has 0 saturated carbocycles. The minimum absolute atomic E-state index is 0.758. The summed E-state index contributed by atoms with van der Waals surface area (Å²) >= 11 is 0. The van der Waals surface area contributed by atoms with Crippen LogP contribution >= 0.6 is 0 Å². The molecule has 0 radical (unpaired) electrons. The molecule has 2 aromatic heterocycles. The van der Waals surface area contributed by atoms with Gasteiger partial charge in [-0.05, 0) is 18.2 Å². The first kappa shape index (κ1) is 8.81. The summed E-state index contributed by atoms with van der Waals surface area (Å²) in [4.78, 5) is 6.26. The van der Waals surface area contributed by atoms with Crippen molar-refractivity contribution in [2.24, 2.45) is 0 Å². The monoisotopic (exact) mass is 188 g/mol. The molecule has 2 aromatic rings. The van der Waals surface area contributed by atoms with Crippen LogP contribution in [0, 0.1) is 0 Å². The molecule has 2 heterocycles. The summed E-state index contributed by atoms with van der Waals surface area (Å²) in [5, 5.41) is 0. The van der Waals surface area contributed by atoms with Crippen molar-refractivity contribution in [3.05, 3.63) is 48.5 Å². The van der Waals surface area contributed by atoms with E-state index in [1.165, 1.54) is 0 Å². The second-order valence-electron chi connectivity index (χ2n) is 3.13. The van der Waals surface area contributed by atoms with Gasteiger partial charge in [-0.2, -0.15) is 0 Å². The van der Waals surface area contributed by atoms with Gasteiger partial charge in [-0.3, -0.25) is 4.98 Å². The van der Waals surface area contributed by atoms with Crippen molar-refractivity contribution in [2.45, 2.75) is 6.54 Å². The maximum absolute atomic E-state index is 5.27.